The molecule has 1 unspecified atom stereocenters. The highest BCUT2D eigenvalue weighted by Gasteiger charge is 2.26. The third-order valence-corrected chi connectivity index (χ3v) is 4.94. The lowest BCUT2D eigenvalue weighted by molar-refractivity contribution is 0.0704. The number of pyridine rings is 1. The Morgan fingerprint density at radius 1 is 1.24 bits per heavy atom. The first-order valence-corrected chi connectivity index (χ1v) is 8.64. The molecule has 0 radical (unpaired) electrons. The summed E-state index contributed by atoms with van der Waals surface area (Å²) in [7, 11) is 0. The summed E-state index contributed by atoms with van der Waals surface area (Å²) in [6, 6.07) is 9.97. The fourth-order valence-electron chi connectivity index (χ4n) is 3.05. The first-order chi connectivity index (χ1) is 10.3. The number of rotatable bonds is 2. The summed E-state index contributed by atoms with van der Waals surface area (Å²) in [4.78, 5) is 19.4. The SMILES string of the molecule is O=C(c1cccc2ncccc12)N1CCCCCC1CBr. The van der Waals surface area contributed by atoms with E-state index in [9.17, 15) is 4.79 Å². The number of alkyl halides is 1. The molecule has 0 aliphatic carbocycles. The number of halogens is 1. The lowest BCUT2D eigenvalue weighted by Crippen LogP contribution is -2.41. The number of amides is 1. The molecular weight excluding hydrogens is 328 g/mol. The number of carbonyl (C=O) groups excluding carboxylic acids is 1. The van der Waals surface area contributed by atoms with Crippen molar-refractivity contribution in [2.24, 2.45) is 0 Å². The van der Waals surface area contributed by atoms with Crippen molar-refractivity contribution in [1.29, 1.82) is 0 Å². The topological polar surface area (TPSA) is 33.2 Å². The van der Waals surface area contributed by atoms with Crippen LogP contribution in [0.25, 0.3) is 10.9 Å². The van der Waals surface area contributed by atoms with Crippen LogP contribution in [0.15, 0.2) is 36.5 Å². The number of likely N-dealkylation sites (tertiary alicyclic amines) is 1. The van der Waals surface area contributed by atoms with E-state index in [0.717, 1.165) is 41.2 Å². The van der Waals surface area contributed by atoms with Gasteiger partial charge in [0.1, 0.15) is 0 Å². The molecule has 0 bridgehead atoms. The second-order valence-electron chi connectivity index (χ2n) is 5.53. The summed E-state index contributed by atoms with van der Waals surface area (Å²) in [5.41, 5.74) is 1.65. The van der Waals surface area contributed by atoms with Crippen LogP contribution in [0.1, 0.15) is 36.0 Å². The molecule has 3 nitrogen and oxygen atoms in total. The van der Waals surface area contributed by atoms with Crippen LogP contribution in [0.4, 0.5) is 0 Å². The molecule has 1 saturated heterocycles. The molecule has 1 aromatic heterocycles. The fraction of sp³-hybridized carbons (Fsp3) is 0.412. The molecule has 1 aliphatic rings. The summed E-state index contributed by atoms with van der Waals surface area (Å²) >= 11 is 3.57. The Balaban J connectivity index is 1.99. The first kappa shape index (κ1) is 14.5. The summed E-state index contributed by atoms with van der Waals surface area (Å²) in [6.45, 7) is 0.853. The van der Waals surface area contributed by atoms with Crippen LogP contribution < -0.4 is 0 Å². The zero-order valence-corrected chi connectivity index (χ0v) is 13.6. The van der Waals surface area contributed by atoms with Gasteiger partial charge in [0, 0.05) is 35.1 Å². The Bertz CT molecular complexity index is 638. The highest BCUT2D eigenvalue weighted by Crippen LogP contribution is 2.24. The normalized spacial score (nSPS) is 19.5. The number of hydrogen-bond donors (Lipinski definition) is 0. The van der Waals surface area contributed by atoms with Gasteiger partial charge in [0.15, 0.2) is 0 Å². The predicted octanol–water partition coefficient (Wildman–Crippen LogP) is 4.01. The van der Waals surface area contributed by atoms with E-state index in [1.807, 2.05) is 35.2 Å². The number of carbonyl (C=O) groups is 1. The summed E-state index contributed by atoms with van der Waals surface area (Å²) < 4.78 is 0. The maximum absolute atomic E-state index is 13.0. The smallest absolute Gasteiger partial charge is 0.254 e. The molecule has 0 spiro atoms. The molecule has 1 fully saturated rings. The van der Waals surface area contributed by atoms with Crippen molar-refractivity contribution < 1.29 is 4.79 Å². The molecule has 1 aromatic carbocycles. The third kappa shape index (κ3) is 2.95. The Labute approximate surface area is 133 Å². The lowest BCUT2D eigenvalue weighted by Gasteiger charge is -2.29. The molecule has 2 aromatic rings. The van der Waals surface area contributed by atoms with Gasteiger partial charge in [-0.1, -0.05) is 40.9 Å². The van der Waals surface area contributed by atoms with Crippen molar-refractivity contribution in [1.82, 2.24) is 9.88 Å². The van der Waals surface area contributed by atoms with E-state index in [1.165, 1.54) is 12.8 Å². The first-order valence-electron chi connectivity index (χ1n) is 7.52. The van der Waals surface area contributed by atoms with Gasteiger partial charge in [0.2, 0.25) is 0 Å². The monoisotopic (exact) mass is 346 g/mol. The molecule has 2 heterocycles. The van der Waals surface area contributed by atoms with Crippen LogP contribution in [0.5, 0.6) is 0 Å². The van der Waals surface area contributed by atoms with E-state index < -0.39 is 0 Å². The van der Waals surface area contributed by atoms with Gasteiger partial charge in [0.05, 0.1) is 5.52 Å². The molecule has 110 valence electrons. The van der Waals surface area contributed by atoms with Crippen molar-refractivity contribution in [2.75, 3.05) is 11.9 Å². The van der Waals surface area contributed by atoms with Crippen molar-refractivity contribution in [3.63, 3.8) is 0 Å². The van der Waals surface area contributed by atoms with Gasteiger partial charge < -0.3 is 4.90 Å². The lowest BCUT2D eigenvalue weighted by atomic mass is 10.1. The highest BCUT2D eigenvalue weighted by atomic mass is 79.9. The quantitative estimate of drug-likeness (QED) is 0.769. The van der Waals surface area contributed by atoms with Gasteiger partial charge in [-0.05, 0) is 31.0 Å². The van der Waals surface area contributed by atoms with Crippen LogP contribution in [-0.2, 0) is 0 Å². The molecule has 4 heteroatoms. The number of fused-ring (bicyclic) bond motifs is 1. The molecule has 0 saturated carbocycles. The van der Waals surface area contributed by atoms with Crippen molar-refractivity contribution >= 4 is 32.7 Å². The Morgan fingerprint density at radius 3 is 3.00 bits per heavy atom. The Hall–Kier alpha value is -1.42. The largest absolute Gasteiger partial charge is 0.335 e. The molecule has 21 heavy (non-hydrogen) atoms. The van der Waals surface area contributed by atoms with Gasteiger partial charge >= 0.3 is 0 Å². The zero-order valence-electron chi connectivity index (χ0n) is 12.0. The van der Waals surface area contributed by atoms with E-state index in [1.54, 1.807) is 6.20 Å². The molecular formula is C17H19BrN2O. The molecule has 3 rings (SSSR count). The van der Waals surface area contributed by atoms with Crippen molar-refractivity contribution in [3.8, 4) is 0 Å². The second kappa shape index (κ2) is 6.56. The van der Waals surface area contributed by atoms with E-state index in [0.29, 0.717) is 6.04 Å². The highest BCUT2D eigenvalue weighted by molar-refractivity contribution is 9.09. The fourth-order valence-corrected chi connectivity index (χ4v) is 3.72. The number of hydrogen-bond acceptors (Lipinski definition) is 2. The van der Waals surface area contributed by atoms with E-state index in [-0.39, 0.29) is 5.91 Å². The van der Waals surface area contributed by atoms with Gasteiger partial charge in [-0.25, -0.2) is 0 Å². The third-order valence-electron chi connectivity index (χ3n) is 4.19. The summed E-state index contributed by atoms with van der Waals surface area (Å²) in [5.74, 6) is 0.139. The second-order valence-corrected chi connectivity index (χ2v) is 6.18. The van der Waals surface area contributed by atoms with Gasteiger partial charge in [-0.2, -0.15) is 0 Å². The summed E-state index contributed by atoms with van der Waals surface area (Å²) in [6.07, 6.45) is 6.36. The minimum Gasteiger partial charge on any atom is -0.335 e. The van der Waals surface area contributed by atoms with Crippen LogP contribution in [0, 0.1) is 0 Å². The Kier molecular flexibility index (Phi) is 4.54. The molecule has 1 atom stereocenters. The predicted molar refractivity (Wildman–Crippen MR) is 88.8 cm³/mol. The zero-order chi connectivity index (χ0) is 14.7. The van der Waals surface area contributed by atoms with Crippen LogP contribution in [0.3, 0.4) is 0 Å². The van der Waals surface area contributed by atoms with Crippen molar-refractivity contribution in [3.05, 3.63) is 42.1 Å². The summed E-state index contributed by atoms with van der Waals surface area (Å²) in [5, 5.41) is 1.80. The molecule has 0 N–H and O–H groups in total. The van der Waals surface area contributed by atoms with Gasteiger partial charge in [-0.15, -0.1) is 0 Å². The minimum atomic E-state index is 0.139. The Morgan fingerprint density at radius 2 is 2.14 bits per heavy atom. The van der Waals surface area contributed by atoms with Gasteiger partial charge in [0.25, 0.3) is 5.91 Å². The average molecular weight is 347 g/mol. The average Bonchev–Trinajstić information content (AvgIpc) is 2.79. The van der Waals surface area contributed by atoms with Crippen LogP contribution >= 0.6 is 15.9 Å². The van der Waals surface area contributed by atoms with E-state index >= 15 is 0 Å². The number of benzene rings is 1. The maximum Gasteiger partial charge on any atom is 0.254 e. The molecule has 1 amide bonds. The van der Waals surface area contributed by atoms with E-state index in [4.69, 9.17) is 0 Å². The minimum absolute atomic E-state index is 0.139. The van der Waals surface area contributed by atoms with Crippen LogP contribution in [-0.4, -0.2) is 33.7 Å². The van der Waals surface area contributed by atoms with Gasteiger partial charge in [-0.3, -0.25) is 9.78 Å². The standard InChI is InChI=1S/C17H19BrN2O/c18-12-13-6-2-1-3-11-20(13)17(21)15-7-4-9-16-14(15)8-5-10-19-16/h4-5,7-10,13H,1-3,6,11-12H2. The number of nitrogens with zero attached hydrogens (tertiary/aromatic N) is 2. The molecule has 1 aliphatic heterocycles. The van der Waals surface area contributed by atoms with Crippen molar-refractivity contribution in [2.45, 2.75) is 31.7 Å². The number of aromatic nitrogens is 1. The van der Waals surface area contributed by atoms with Crippen LogP contribution in [0.2, 0.25) is 0 Å². The van der Waals surface area contributed by atoms with E-state index in [2.05, 4.69) is 20.9 Å². The maximum atomic E-state index is 13.0.